The third-order valence-electron chi connectivity index (χ3n) is 1.37. The molecule has 2 heteroatoms. The van der Waals surface area contributed by atoms with Crippen molar-refractivity contribution in [2.45, 2.75) is 33.3 Å². The molecular formula is C8H19NO. The first kappa shape index (κ1) is 9.92. The summed E-state index contributed by atoms with van der Waals surface area (Å²) < 4.78 is 0. The Morgan fingerprint density at radius 1 is 1.40 bits per heavy atom. The predicted octanol–water partition coefficient (Wildman–Crippen LogP) is 1.00. The second kappa shape index (κ2) is 5.69. The Morgan fingerprint density at radius 2 is 2.00 bits per heavy atom. The zero-order valence-corrected chi connectivity index (χ0v) is 7.22. The van der Waals surface area contributed by atoms with Crippen molar-refractivity contribution in [1.29, 1.82) is 0 Å². The smallest absolute Gasteiger partial charge is 0.0667 e. The zero-order chi connectivity index (χ0) is 7.98. The van der Waals surface area contributed by atoms with Gasteiger partial charge in [-0.25, -0.2) is 0 Å². The fourth-order valence-electron chi connectivity index (χ4n) is 0.938. The molecule has 0 amide bonds. The van der Waals surface area contributed by atoms with Crippen LogP contribution >= 0.6 is 0 Å². The van der Waals surface area contributed by atoms with E-state index in [4.69, 9.17) is 0 Å². The Hall–Kier alpha value is -0.0800. The highest BCUT2D eigenvalue weighted by Crippen LogP contribution is 2.02. The summed E-state index contributed by atoms with van der Waals surface area (Å²) >= 11 is 0. The van der Waals surface area contributed by atoms with Crippen LogP contribution in [0.2, 0.25) is 0 Å². The molecule has 0 aliphatic carbocycles. The molecular weight excluding hydrogens is 126 g/mol. The minimum atomic E-state index is -0.167. The minimum absolute atomic E-state index is 0.167. The normalized spacial score (nSPS) is 14.1. The number of aliphatic hydroxyl groups is 1. The summed E-state index contributed by atoms with van der Waals surface area (Å²) in [6, 6.07) is 0. The van der Waals surface area contributed by atoms with Crippen molar-refractivity contribution < 1.29 is 5.11 Å². The summed E-state index contributed by atoms with van der Waals surface area (Å²) in [4.78, 5) is 0. The summed E-state index contributed by atoms with van der Waals surface area (Å²) in [6.45, 7) is 7.95. The average molecular weight is 145 g/mol. The van der Waals surface area contributed by atoms with Gasteiger partial charge >= 0.3 is 0 Å². The Morgan fingerprint density at radius 3 is 2.40 bits per heavy atom. The highest BCUT2D eigenvalue weighted by Gasteiger charge is 2.04. The Bertz CT molecular complexity index is 73.7. The predicted molar refractivity (Wildman–Crippen MR) is 44.0 cm³/mol. The van der Waals surface area contributed by atoms with E-state index in [-0.39, 0.29) is 6.10 Å². The van der Waals surface area contributed by atoms with Gasteiger partial charge in [0.1, 0.15) is 0 Å². The molecule has 0 spiro atoms. The molecule has 2 nitrogen and oxygen atoms in total. The number of aliphatic hydroxyl groups excluding tert-OH is 1. The van der Waals surface area contributed by atoms with Crippen LogP contribution in [0.1, 0.15) is 27.2 Å². The highest BCUT2D eigenvalue weighted by atomic mass is 16.3. The zero-order valence-electron chi connectivity index (χ0n) is 7.22. The molecule has 0 aliphatic rings. The number of nitrogens with one attached hydrogen (secondary N) is 1. The molecule has 0 aromatic rings. The van der Waals surface area contributed by atoms with Crippen LogP contribution in [-0.2, 0) is 0 Å². The van der Waals surface area contributed by atoms with Crippen molar-refractivity contribution in [3.05, 3.63) is 0 Å². The molecule has 0 aromatic heterocycles. The van der Waals surface area contributed by atoms with Crippen molar-refractivity contribution in [3.63, 3.8) is 0 Å². The third kappa shape index (κ3) is 6.05. The summed E-state index contributed by atoms with van der Waals surface area (Å²) in [5.74, 6) is 0.591. The lowest BCUT2D eigenvalue weighted by atomic mass is 10.1. The van der Waals surface area contributed by atoms with E-state index in [1.807, 2.05) is 6.92 Å². The van der Waals surface area contributed by atoms with Crippen molar-refractivity contribution in [2.24, 2.45) is 5.92 Å². The summed E-state index contributed by atoms with van der Waals surface area (Å²) in [5.41, 5.74) is 0. The molecule has 2 N–H and O–H groups in total. The van der Waals surface area contributed by atoms with Gasteiger partial charge in [0.05, 0.1) is 6.10 Å². The van der Waals surface area contributed by atoms with Gasteiger partial charge in [-0.2, -0.15) is 0 Å². The Kier molecular flexibility index (Phi) is 5.64. The second-order valence-electron chi connectivity index (χ2n) is 3.09. The van der Waals surface area contributed by atoms with Gasteiger partial charge in [-0.15, -0.1) is 0 Å². The van der Waals surface area contributed by atoms with Crippen LogP contribution in [0, 0.1) is 5.92 Å². The van der Waals surface area contributed by atoms with Crippen molar-refractivity contribution in [2.75, 3.05) is 13.1 Å². The van der Waals surface area contributed by atoms with Crippen molar-refractivity contribution >= 4 is 0 Å². The van der Waals surface area contributed by atoms with E-state index >= 15 is 0 Å². The van der Waals surface area contributed by atoms with Crippen molar-refractivity contribution in [3.8, 4) is 0 Å². The number of rotatable bonds is 5. The molecule has 10 heavy (non-hydrogen) atoms. The van der Waals surface area contributed by atoms with Crippen LogP contribution in [0.3, 0.4) is 0 Å². The topological polar surface area (TPSA) is 32.3 Å². The van der Waals surface area contributed by atoms with E-state index in [0.717, 1.165) is 19.5 Å². The van der Waals surface area contributed by atoms with Crippen LogP contribution < -0.4 is 5.32 Å². The van der Waals surface area contributed by atoms with Gasteiger partial charge in [0, 0.05) is 6.54 Å². The molecule has 1 atom stereocenters. The lowest BCUT2D eigenvalue weighted by molar-refractivity contribution is 0.147. The summed E-state index contributed by atoms with van der Waals surface area (Å²) in [7, 11) is 0. The van der Waals surface area contributed by atoms with E-state index < -0.39 is 0 Å². The van der Waals surface area contributed by atoms with Gasteiger partial charge in [0.15, 0.2) is 0 Å². The quantitative estimate of drug-likeness (QED) is 0.605. The fourth-order valence-corrected chi connectivity index (χ4v) is 0.938. The van der Waals surface area contributed by atoms with Gasteiger partial charge in [-0.05, 0) is 18.9 Å². The maximum absolute atomic E-state index is 9.29. The van der Waals surface area contributed by atoms with Crippen LogP contribution in [0.4, 0.5) is 0 Å². The number of likely N-dealkylation sites (N-methyl/N-ethyl adjacent to an activating group) is 1. The lowest BCUT2D eigenvalue weighted by Gasteiger charge is -2.12. The van der Waals surface area contributed by atoms with Gasteiger partial charge in [-0.1, -0.05) is 20.8 Å². The summed E-state index contributed by atoms with van der Waals surface area (Å²) in [6.07, 6.45) is 0.729. The van der Waals surface area contributed by atoms with E-state index in [2.05, 4.69) is 19.2 Å². The van der Waals surface area contributed by atoms with Crippen LogP contribution in [0.15, 0.2) is 0 Å². The Balaban J connectivity index is 3.16. The van der Waals surface area contributed by atoms with E-state index in [1.165, 1.54) is 0 Å². The molecule has 0 saturated heterocycles. The fraction of sp³-hybridized carbons (Fsp3) is 1.00. The van der Waals surface area contributed by atoms with E-state index in [0.29, 0.717) is 5.92 Å². The molecule has 0 aromatic carbocycles. The molecule has 0 heterocycles. The molecule has 62 valence electrons. The van der Waals surface area contributed by atoms with E-state index in [1.54, 1.807) is 0 Å². The van der Waals surface area contributed by atoms with Crippen LogP contribution in [-0.4, -0.2) is 24.3 Å². The molecule has 0 bridgehead atoms. The number of hydrogen-bond acceptors (Lipinski definition) is 2. The third-order valence-corrected chi connectivity index (χ3v) is 1.37. The van der Waals surface area contributed by atoms with E-state index in [9.17, 15) is 5.11 Å². The maximum Gasteiger partial charge on any atom is 0.0667 e. The first-order valence-corrected chi connectivity index (χ1v) is 4.05. The lowest BCUT2D eigenvalue weighted by Crippen LogP contribution is -2.27. The molecule has 0 saturated carbocycles. The largest absolute Gasteiger partial charge is 0.392 e. The van der Waals surface area contributed by atoms with Crippen LogP contribution in [0.5, 0.6) is 0 Å². The van der Waals surface area contributed by atoms with Crippen LogP contribution in [0.25, 0.3) is 0 Å². The minimum Gasteiger partial charge on any atom is -0.392 e. The molecule has 0 aliphatic heterocycles. The SMILES string of the molecule is CCNC[C@H](O)CC(C)C. The van der Waals surface area contributed by atoms with Crippen molar-refractivity contribution in [1.82, 2.24) is 5.32 Å². The first-order chi connectivity index (χ1) is 4.66. The van der Waals surface area contributed by atoms with Gasteiger partial charge in [0.2, 0.25) is 0 Å². The van der Waals surface area contributed by atoms with Gasteiger partial charge in [-0.3, -0.25) is 0 Å². The maximum atomic E-state index is 9.29. The molecule has 0 radical (unpaired) electrons. The average Bonchev–Trinajstić information content (AvgIpc) is 1.82. The Labute approximate surface area is 63.6 Å². The standard InChI is InChI=1S/C8H19NO/c1-4-9-6-8(10)5-7(2)3/h7-10H,4-6H2,1-3H3/t8-/m1/s1. The second-order valence-corrected chi connectivity index (χ2v) is 3.09. The molecule has 0 fully saturated rings. The first-order valence-electron chi connectivity index (χ1n) is 4.05. The molecule has 0 unspecified atom stereocenters. The molecule has 0 rings (SSSR count). The monoisotopic (exact) mass is 145 g/mol. The van der Waals surface area contributed by atoms with Gasteiger partial charge < -0.3 is 10.4 Å². The highest BCUT2D eigenvalue weighted by molar-refractivity contribution is 4.60. The summed E-state index contributed by atoms with van der Waals surface area (Å²) in [5, 5.41) is 12.4. The number of hydrogen-bond donors (Lipinski definition) is 2. The van der Waals surface area contributed by atoms with Gasteiger partial charge in [0.25, 0.3) is 0 Å².